The van der Waals surface area contributed by atoms with Gasteiger partial charge in [0.25, 0.3) is 10.0 Å². The van der Waals surface area contributed by atoms with Gasteiger partial charge >= 0.3 is 0 Å². The van der Waals surface area contributed by atoms with Crippen LogP contribution in [0, 0.1) is 0 Å². The first-order chi connectivity index (χ1) is 12.5. The van der Waals surface area contributed by atoms with Crippen molar-refractivity contribution in [3.63, 3.8) is 0 Å². The van der Waals surface area contributed by atoms with Gasteiger partial charge in [0.1, 0.15) is 0 Å². The van der Waals surface area contributed by atoms with E-state index in [2.05, 4.69) is 19.9 Å². The predicted molar refractivity (Wildman–Crippen MR) is 106 cm³/mol. The third-order valence-electron chi connectivity index (χ3n) is 5.32. The fourth-order valence-corrected chi connectivity index (χ4v) is 6.15. The molecule has 0 amide bonds. The van der Waals surface area contributed by atoms with Crippen LogP contribution in [0.25, 0.3) is 0 Å². The second-order valence-electron chi connectivity index (χ2n) is 6.86. The van der Waals surface area contributed by atoms with E-state index in [-0.39, 0.29) is 10.4 Å². The van der Waals surface area contributed by atoms with Crippen LogP contribution < -0.4 is 10.0 Å². The zero-order valence-electron chi connectivity index (χ0n) is 14.2. The fraction of sp³-hybridized carbons (Fsp3) is 0.471. The van der Waals surface area contributed by atoms with E-state index in [9.17, 15) is 8.42 Å². The van der Waals surface area contributed by atoms with E-state index >= 15 is 0 Å². The molecular formula is C17H21ClN4O2S2. The van der Waals surface area contributed by atoms with Gasteiger partial charge in [0, 0.05) is 23.7 Å². The molecule has 26 heavy (non-hydrogen) atoms. The molecule has 9 heteroatoms. The van der Waals surface area contributed by atoms with Crippen LogP contribution in [0.3, 0.4) is 0 Å². The molecule has 2 N–H and O–H groups in total. The number of thiazole rings is 1. The lowest BCUT2D eigenvalue weighted by atomic mass is 9.94. The Morgan fingerprint density at radius 2 is 2.04 bits per heavy atom. The van der Waals surface area contributed by atoms with Crippen molar-refractivity contribution in [2.75, 3.05) is 29.7 Å². The van der Waals surface area contributed by atoms with Crippen LogP contribution in [0.1, 0.15) is 25.7 Å². The summed E-state index contributed by atoms with van der Waals surface area (Å²) in [6.45, 7) is 3.19. The Kier molecular flexibility index (Phi) is 4.85. The van der Waals surface area contributed by atoms with Crippen LogP contribution >= 0.6 is 22.9 Å². The van der Waals surface area contributed by atoms with Crippen molar-refractivity contribution in [3.8, 4) is 0 Å². The van der Waals surface area contributed by atoms with E-state index < -0.39 is 10.0 Å². The highest BCUT2D eigenvalue weighted by Gasteiger charge is 2.43. The Morgan fingerprint density at radius 3 is 2.69 bits per heavy atom. The number of rotatable bonds is 6. The molecule has 0 unspecified atom stereocenters. The maximum Gasteiger partial charge on any atom is 0.263 e. The number of halogens is 1. The summed E-state index contributed by atoms with van der Waals surface area (Å²) >= 11 is 7.59. The average molecular weight is 413 g/mol. The summed E-state index contributed by atoms with van der Waals surface area (Å²) in [7, 11) is -3.69. The van der Waals surface area contributed by atoms with Crippen molar-refractivity contribution in [1.82, 2.24) is 9.88 Å². The van der Waals surface area contributed by atoms with Gasteiger partial charge in [-0.05, 0) is 57.0 Å². The van der Waals surface area contributed by atoms with Gasteiger partial charge in [-0.1, -0.05) is 11.6 Å². The highest BCUT2D eigenvalue weighted by Crippen LogP contribution is 2.39. The summed E-state index contributed by atoms with van der Waals surface area (Å²) in [5.41, 5.74) is 1.01. The van der Waals surface area contributed by atoms with Crippen molar-refractivity contribution >= 4 is 43.8 Å². The maximum atomic E-state index is 12.4. The normalized spacial score (nSPS) is 19.4. The molecule has 0 radical (unpaired) electrons. The zero-order valence-corrected chi connectivity index (χ0v) is 16.6. The first-order valence-corrected chi connectivity index (χ1v) is 11.4. The van der Waals surface area contributed by atoms with Crippen LogP contribution in [0.15, 0.2) is 34.7 Å². The first kappa shape index (κ1) is 18.0. The lowest BCUT2D eigenvalue weighted by Crippen LogP contribution is -2.44. The number of sulfonamides is 1. The average Bonchev–Trinajstić information content (AvgIpc) is 3.30. The summed E-state index contributed by atoms with van der Waals surface area (Å²) < 4.78 is 27.4. The molecule has 2 aromatic rings. The molecule has 0 bridgehead atoms. The molecule has 3 heterocycles. The number of nitrogens with zero attached hydrogens (tertiary/aromatic N) is 2. The van der Waals surface area contributed by atoms with Crippen LogP contribution in [0.2, 0.25) is 5.02 Å². The Hall–Kier alpha value is -1.35. The van der Waals surface area contributed by atoms with E-state index in [0.29, 0.717) is 10.2 Å². The number of aromatic nitrogens is 1. The van der Waals surface area contributed by atoms with Gasteiger partial charge in [0.05, 0.1) is 15.6 Å². The van der Waals surface area contributed by atoms with Gasteiger partial charge in [0.15, 0.2) is 5.13 Å². The van der Waals surface area contributed by atoms with Crippen LogP contribution in [0.4, 0.5) is 10.8 Å². The second kappa shape index (κ2) is 6.99. The van der Waals surface area contributed by atoms with Gasteiger partial charge in [-0.3, -0.25) is 9.62 Å². The molecule has 0 aliphatic carbocycles. The molecule has 0 spiro atoms. The molecule has 1 aromatic heterocycles. The van der Waals surface area contributed by atoms with Crippen molar-refractivity contribution in [2.45, 2.75) is 36.1 Å². The van der Waals surface area contributed by atoms with Crippen LogP contribution in [-0.2, 0) is 10.0 Å². The topological polar surface area (TPSA) is 74.3 Å². The lowest BCUT2D eigenvalue weighted by molar-refractivity contribution is 0.209. The number of fused-ring (bicyclic) bond motifs is 1. The minimum Gasteiger partial charge on any atom is -0.382 e. The third-order valence-corrected chi connectivity index (χ3v) is 7.79. The van der Waals surface area contributed by atoms with Gasteiger partial charge < -0.3 is 5.32 Å². The summed E-state index contributed by atoms with van der Waals surface area (Å²) in [5, 5.41) is 5.90. The molecule has 2 saturated heterocycles. The van der Waals surface area contributed by atoms with E-state index in [1.165, 1.54) is 56.2 Å². The third kappa shape index (κ3) is 3.43. The van der Waals surface area contributed by atoms with Crippen molar-refractivity contribution in [2.24, 2.45) is 0 Å². The number of benzene rings is 1. The summed E-state index contributed by atoms with van der Waals surface area (Å²) in [6, 6.07) is 4.80. The van der Waals surface area contributed by atoms with Gasteiger partial charge in [0.2, 0.25) is 0 Å². The van der Waals surface area contributed by atoms with E-state index in [0.717, 1.165) is 12.2 Å². The molecule has 2 fully saturated rings. The minimum absolute atomic E-state index is 0.129. The van der Waals surface area contributed by atoms with Crippen molar-refractivity contribution in [1.29, 1.82) is 0 Å². The number of anilines is 2. The Balaban J connectivity index is 1.48. The highest BCUT2D eigenvalue weighted by atomic mass is 35.5. The van der Waals surface area contributed by atoms with E-state index in [1.807, 2.05) is 0 Å². The molecule has 140 valence electrons. The number of hydrogen-bond donors (Lipinski definition) is 2. The molecule has 2 aliphatic heterocycles. The lowest BCUT2D eigenvalue weighted by Gasteiger charge is -2.32. The van der Waals surface area contributed by atoms with E-state index in [4.69, 9.17) is 11.6 Å². The van der Waals surface area contributed by atoms with Gasteiger partial charge in [-0.25, -0.2) is 13.4 Å². The molecule has 6 nitrogen and oxygen atoms in total. The molecule has 0 atom stereocenters. The molecule has 0 saturated carbocycles. The SMILES string of the molecule is O=S(=O)(Nc1nccs1)c1ccc(NCC23CCCN2CCC3)c(Cl)c1. The van der Waals surface area contributed by atoms with Crippen molar-refractivity contribution in [3.05, 3.63) is 34.8 Å². The van der Waals surface area contributed by atoms with Crippen LogP contribution in [-0.4, -0.2) is 43.5 Å². The standard InChI is InChI=1S/C17H21ClN4O2S2/c18-14-11-13(26(23,24)21-16-19-7-10-25-16)3-4-15(14)20-12-17-5-1-8-22(17)9-2-6-17/h3-4,7,10-11,20H,1-2,5-6,8-9,12H2,(H,19,21). The van der Waals surface area contributed by atoms with Crippen molar-refractivity contribution < 1.29 is 8.42 Å². The molecular weight excluding hydrogens is 392 g/mol. The number of hydrogen-bond acceptors (Lipinski definition) is 6. The maximum absolute atomic E-state index is 12.4. The van der Waals surface area contributed by atoms with Gasteiger partial charge in [-0.15, -0.1) is 11.3 Å². The van der Waals surface area contributed by atoms with Gasteiger partial charge in [-0.2, -0.15) is 0 Å². The van der Waals surface area contributed by atoms with Crippen LogP contribution in [0.5, 0.6) is 0 Å². The second-order valence-corrected chi connectivity index (χ2v) is 9.84. The Bertz CT molecular complexity index is 876. The number of nitrogens with one attached hydrogen (secondary N) is 2. The first-order valence-electron chi connectivity index (χ1n) is 8.69. The molecule has 4 rings (SSSR count). The minimum atomic E-state index is -3.69. The summed E-state index contributed by atoms with van der Waals surface area (Å²) in [6.07, 6.45) is 6.46. The summed E-state index contributed by atoms with van der Waals surface area (Å²) in [4.78, 5) is 6.65. The van der Waals surface area contributed by atoms with E-state index in [1.54, 1.807) is 23.7 Å². The zero-order chi connectivity index (χ0) is 18.2. The molecule has 1 aromatic carbocycles. The monoisotopic (exact) mass is 412 g/mol. The quantitative estimate of drug-likeness (QED) is 0.757. The Labute approximate surface area is 162 Å². The summed E-state index contributed by atoms with van der Waals surface area (Å²) in [5.74, 6) is 0. The fourth-order valence-electron chi connectivity index (χ4n) is 4.03. The Morgan fingerprint density at radius 1 is 1.27 bits per heavy atom. The molecule has 2 aliphatic rings. The highest BCUT2D eigenvalue weighted by molar-refractivity contribution is 7.93. The predicted octanol–water partition coefficient (Wildman–Crippen LogP) is 3.64. The smallest absolute Gasteiger partial charge is 0.263 e. The largest absolute Gasteiger partial charge is 0.382 e.